The molecule has 1 unspecified atom stereocenters. The van der Waals surface area contributed by atoms with Crippen LogP contribution in [-0.4, -0.2) is 27.3 Å². The van der Waals surface area contributed by atoms with Crippen LogP contribution in [0.4, 0.5) is 4.39 Å². The first-order chi connectivity index (χ1) is 13.5. The molecule has 3 aromatic heterocycles. The zero-order valence-electron chi connectivity index (χ0n) is 15.0. The number of carbonyl (C=O) groups excluding carboxylic acids is 1. The van der Waals surface area contributed by atoms with Crippen LogP contribution >= 0.6 is 22.7 Å². The van der Waals surface area contributed by atoms with Crippen LogP contribution in [0.3, 0.4) is 0 Å². The van der Waals surface area contributed by atoms with Gasteiger partial charge in [0.2, 0.25) is 0 Å². The van der Waals surface area contributed by atoms with Crippen LogP contribution in [0.15, 0.2) is 24.4 Å². The lowest BCUT2D eigenvalue weighted by Gasteiger charge is -2.20. The lowest BCUT2D eigenvalue weighted by molar-refractivity contribution is -0.118. The normalized spacial score (nSPS) is 17.5. The fourth-order valence-corrected chi connectivity index (χ4v) is 6.18. The summed E-state index contributed by atoms with van der Waals surface area (Å²) in [6.07, 6.45) is 3.62. The van der Waals surface area contributed by atoms with Crippen LogP contribution in [0.1, 0.15) is 17.2 Å². The summed E-state index contributed by atoms with van der Waals surface area (Å²) >= 11 is 3.04. The number of nitrogens with zero attached hydrogens (tertiary/aromatic N) is 4. The maximum atomic E-state index is 14.4. The van der Waals surface area contributed by atoms with Gasteiger partial charge in [0.25, 0.3) is 6.71 Å². The molecule has 138 valence electrons. The Bertz CT molecular complexity index is 1250. The minimum atomic E-state index is -0.354. The molecule has 1 fully saturated rings. The highest BCUT2D eigenvalue weighted by molar-refractivity contribution is 7.28. The molecule has 28 heavy (non-hydrogen) atoms. The Hall–Kier alpha value is -2.57. The molecule has 4 heterocycles. The van der Waals surface area contributed by atoms with Gasteiger partial charge in [-0.1, -0.05) is 6.32 Å². The standard InChI is InChI=1S/C19H14BFN4OS2/c1-25-8-11-4-10(5-13(21)17(11)24-25)18-23-19-16(28-18)6-15(27-19)12-2-3-20(9-22)7-14(12)26/h4-6,8,12H,2-3,7H2,1H3. The van der Waals surface area contributed by atoms with Crippen LogP contribution < -0.4 is 0 Å². The number of thiophene rings is 1. The largest absolute Gasteiger partial charge is 0.300 e. The fraction of sp³-hybridized carbons (Fsp3) is 0.263. The maximum absolute atomic E-state index is 14.4. The highest BCUT2D eigenvalue weighted by Crippen LogP contribution is 2.41. The minimum Gasteiger partial charge on any atom is -0.300 e. The molecule has 1 aliphatic rings. The molecular formula is C19H14BFN4OS2. The van der Waals surface area contributed by atoms with Gasteiger partial charge in [0, 0.05) is 41.4 Å². The molecule has 9 heteroatoms. The summed E-state index contributed by atoms with van der Waals surface area (Å²) in [5, 5.41) is 14.7. The van der Waals surface area contributed by atoms with Crippen LogP contribution in [0.2, 0.25) is 12.6 Å². The first kappa shape index (κ1) is 17.5. The van der Waals surface area contributed by atoms with Crippen molar-refractivity contribution in [1.29, 1.82) is 5.26 Å². The van der Waals surface area contributed by atoms with Crippen molar-refractivity contribution in [2.75, 3.05) is 0 Å². The number of aryl methyl sites for hydroxylation is 1. The third-order valence-electron chi connectivity index (χ3n) is 5.20. The molecule has 0 radical (unpaired) electrons. The van der Waals surface area contributed by atoms with Gasteiger partial charge in [-0.2, -0.15) is 5.10 Å². The van der Waals surface area contributed by atoms with E-state index in [1.807, 2.05) is 12.1 Å². The second kappa shape index (κ2) is 6.50. The molecule has 0 saturated carbocycles. The summed E-state index contributed by atoms with van der Waals surface area (Å²) in [5.41, 5.74) is 1.09. The van der Waals surface area contributed by atoms with Crippen molar-refractivity contribution in [2.24, 2.45) is 7.05 Å². The van der Waals surface area contributed by atoms with Gasteiger partial charge in [-0.15, -0.1) is 22.7 Å². The van der Waals surface area contributed by atoms with Gasteiger partial charge in [0.15, 0.2) is 5.82 Å². The third-order valence-corrected chi connectivity index (χ3v) is 7.52. The fourth-order valence-electron chi connectivity index (χ4n) is 3.81. The number of thiazole rings is 1. The first-order valence-electron chi connectivity index (χ1n) is 8.97. The van der Waals surface area contributed by atoms with Gasteiger partial charge in [-0.25, -0.2) is 14.6 Å². The number of halogens is 1. The molecule has 1 atom stereocenters. The van der Waals surface area contributed by atoms with E-state index in [2.05, 4.69) is 16.1 Å². The Morgan fingerprint density at radius 1 is 1.36 bits per heavy atom. The van der Waals surface area contributed by atoms with E-state index < -0.39 is 0 Å². The van der Waals surface area contributed by atoms with Gasteiger partial charge in [-0.05, 0) is 24.6 Å². The number of Topliss-reactive ketones (excluding diaryl/α,β-unsaturated/α-hetero) is 1. The first-order valence-corrected chi connectivity index (χ1v) is 10.6. The smallest absolute Gasteiger partial charge is 0.275 e. The van der Waals surface area contributed by atoms with Crippen molar-refractivity contribution in [3.8, 4) is 16.5 Å². The molecule has 1 aromatic carbocycles. The number of benzene rings is 1. The van der Waals surface area contributed by atoms with E-state index in [0.717, 1.165) is 43.1 Å². The van der Waals surface area contributed by atoms with Crippen LogP contribution in [-0.2, 0) is 11.8 Å². The summed E-state index contributed by atoms with van der Waals surface area (Å²) < 4.78 is 17.0. The monoisotopic (exact) mass is 408 g/mol. The highest BCUT2D eigenvalue weighted by Gasteiger charge is 2.33. The Balaban J connectivity index is 1.48. The van der Waals surface area contributed by atoms with E-state index in [1.165, 1.54) is 28.7 Å². The van der Waals surface area contributed by atoms with E-state index in [4.69, 9.17) is 5.26 Å². The molecule has 0 spiro atoms. The van der Waals surface area contributed by atoms with E-state index in [1.54, 1.807) is 17.9 Å². The summed E-state index contributed by atoms with van der Waals surface area (Å²) in [6, 6.07) is 5.42. The predicted octanol–water partition coefficient (Wildman–Crippen LogP) is 4.66. The Labute approximate surface area is 168 Å². The second-order valence-electron chi connectivity index (χ2n) is 7.16. The molecule has 5 rings (SSSR count). The number of fused-ring (bicyclic) bond motifs is 2. The van der Waals surface area contributed by atoms with Crippen molar-refractivity contribution in [1.82, 2.24) is 14.8 Å². The molecular weight excluding hydrogens is 394 g/mol. The number of aromatic nitrogens is 3. The summed E-state index contributed by atoms with van der Waals surface area (Å²) in [4.78, 5) is 19.0. The average molecular weight is 408 g/mol. The Kier molecular flexibility index (Phi) is 4.07. The van der Waals surface area contributed by atoms with Crippen LogP contribution in [0, 0.1) is 17.0 Å². The van der Waals surface area contributed by atoms with Crippen molar-refractivity contribution < 1.29 is 9.18 Å². The predicted molar refractivity (Wildman–Crippen MR) is 111 cm³/mol. The van der Waals surface area contributed by atoms with Crippen molar-refractivity contribution in [2.45, 2.75) is 25.0 Å². The highest BCUT2D eigenvalue weighted by atomic mass is 32.1. The summed E-state index contributed by atoms with van der Waals surface area (Å²) in [7, 11) is 1.77. The Morgan fingerprint density at radius 2 is 2.21 bits per heavy atom. The topological polar surface area (TPSA) is 71.6 Å². The van der Waals surface area contributed by atoms with Crippen LogP contribution in [0.5, 0.6) is 0 Å². The van der Waals surface area contributed by atoms with Gasteiger partial charge in [-0.3, -0.25) is 9.48 Å². The molecule has 4 aromatic rings. The third kappa shape index (κ3) is 2.84. The SMILES string of the molecule is Cn1cc2cc(-c3nc4sc(C5CCB(C#N)CC5=O)cc4s3)cc(F)c2n1. The zero-order valence-corrected chi connectivity index (χ0v) is 16.6. The zero-order chi connectivity index (χ0) is 19.4. The van der Waals surface area contributed by atoms with Crippen molar-refractivity contribution in [3.63, 3.8) is 0 Å². The average Bonchev–Trinajstić information content (AvgIpc) is 3.33. The maximum Gasteiger partial charge on any atom is 0.275 e. The number of carbonyl (C=O) groups is 1. The van der Waals surface area contributed by atoms with E-state index >= 15 is 0 Å². The molecule has 1 aliphatic heterocycles. The number of hydrogen-bond donors (Lipinski definition) is 0. The Morgan fingerprint density at radius 3 is 2.96 bits per heavy atom. The summed E-state index contributed by atoms with van der Waals surface area (Å²) in [5.74, 6) is 1.88. The minimum absolute atomic E-state index is 0.122. The van der Waals surface area contributed by atoms with Crippen molar-refractivity contribution in [3.05, 3.63) is 35.1 Å². The molecule has 0 aliphatic carbocycles. The van der Waals surface area contributed by atoms with Gasteiger partial charge in [0.05, 0.1) is 10.6 Å². The molecule has 0 bridgehead atoms. The molecule has 0 N–H and O–H groups in total. The van der Waals surface area contributed by atoms with Gasteiger partial charge >= 0.3 is 0 Å². The quantitative estimate of drug-likeness (QED) is 0.452. The molecule has 0 amide bonds. The van der Waals surface area contributed by atoms with Crippen LogP contribution in [0.25, 0.3) is 31.0 Å². The van der Waals surface area contributed by atoms with E-state index in [-0.39, 0.29) is 24.2 Å². The van der Waals surface area contributed by atoms with Crippen molar-refractivity contribution >= 4 is 55.6 Å². The lowest BCUT2D eigenvalue weighted by Crippen LogP contribution is -2.27. The second-order valence-corrected chi connectivity index (χ2v) is 9.26. The molecule has 1 saturated heterocycles. The van der Waals surface area contributed by atoms with E-state index in [9.17, 15) is 9.18 Å². The number of ketones is 1. The number of rotatable bonds is 2. The van der Waals surface area contributed by atoms with Gasteiger partial charge < -0.3 is 0 Å². The lowest BCUT2D eigenvalue weighted by atomic mass is 9.41. The number of hydrogen-bond acceptors (Lipinski definition) is 6. The van der Waals surface area contributed by atoms with E-state index in [0.29, 0.717) is 11.8 Å². The number of nitriles is 1. The summed E-state index contributed by atoms with van der Waals surface area (Å²) in [6.45, 7) is -0.146. The molecule has 5 nitrogen and oxygen atoms in total. The van der Waals surface area contributed by atoms with Gasteiger partial charge in [0.1, 0.15) is 21.1 Å².